The monoisotopic (exact) mass is 204 g/mol. The molecule has 0 amide bonds. The topological polar surface area (TPSA) is 40.5 Å². The molecule has 1 aromatic rings. The molecule has 2 nitrogen and oxygen atoms in total. The van der Waals surface area contributed by atoms with Crippen LogP contribution in [0.2, 0.25) is 0 Å². The van der Waals surface area contributed by atoms with E-state index in [2.05, 4.69) is 0 Å². The fourth-order valence-corrected chi connectivity index (χ4v) is 2.05. The molecular formula is C13H16O2. The Hall–Kier alpha value is -1.12. The number of hydrogen-bond acceptors (Lipinski definition) is 2. The number of rotatable bonds is 1. The number of benzene rings is 1. The van der Waals surface area contributed by atoms with Crippen LogP contribution >= 0.6 is 0 Å². The maximum Gasteiger partial charge on any atom is 0.0794 e. The summed E-state index contributed by atoms with van der Waals surface area (Å²) in [5.41, 5.74) is 3.05. The number of aliphatic hydroxyl groups is 2. The summed E-state index contributed by atoms with van der Waals surface area (Å²) < 4.78 is 0. The minimum Gasteiger partial charge on any atom is -0.389 e. The lowest BCUT2D eigenvalue weighted by molar-refractivity contribution is 0.153. The smallest absolute Gasteiger partial charge is 0.0794 e. The summed E-state index contributed by atoms with van der Waals surface area (Å²) in [5, 5.41) is 19.4. The van der Waals surface area contributed by atoms with Gasteiger partial charge in [-0.05, 0) is 42.5 Å². The minimum atomic E-state index is -0.436. The van der Waals surface area contributed by atoms with E-state index in [0.29, 0.717) is 12.8 Å². The molecule has 2 heteroatoms. The first-order valence-electron chi connectivity index (χ1n) is 5.32. The summed E-state index contributed by atoms with van der Waals surface area (Å²) in [4.78, 5) is 0. The first kappa shape index (κ1) is 10.4. The Kier molecular flexibility index (Phi) is 2.89. The van der Waals surface area contributed by atoms with E-state index in [0.717, 1.165) is 16.7 Å². The summed E-state index contributed by atoms with van der Waals surface area (Å²) in [7, 11) is 0. The maximum atomic E-state index is 9.89. The first-order chi connectivity index (χ1) is 7.18. The van der Waals surface area contributed by atoms with Gasteiger partial charge in [-0.1, -0.05) is 24.3 Å². The van der Waals surface area contributed by atoms with Crippen LogP contribution in [0.4, 0.5) is 0 Å². The zero-order valence-electron chi connectivity index (χ0n) is 8.85. The van der Waals surface area contributed by atoms with Crippen molar-refractivity contribution in [2.75, 3.05) is 0 Å². The van der Waals surface area contributed by atoms with Crippen molar-refractivity contribution in [3.63, 3.8) is 0 Å². The maximum absolute atomic E-state index is 9.89. The highest BCUT2D eigenvalue weighted by Crippen LogP contribution is 2.29. The lowest BCUT2D eigenvalue weighted by Gasteiger charge is -2.23. The minimum absolute atomic E-state index is 0.414. The van der Waals surface area contributed by atoms with Crippen LogP contribution in [0.15, 0.2) is 30.3 Å². The Bertz CT molecular complexity index is 382. The largest absolute Gasteiger partial charge is 0.389 e. The van der Waals surface area contributed by atoms with E-state index >= 15 is 0 Å². The highest BCUT2D eigenvalue weighted by molar-refractivity contribution is 5.72. The van der Waals surface area contributed by atoms with Crippen molar-refractivity contribution in [1.29, 1.82) is 0 Å². The number of hydrogen-bond donors (Lipinski definition) is 2. The van der Waals surface area contributed by atoms with Crippen molar-refractivity contribution < 1.29 is 10.2 Å². The van der Waals surface area contributed by atoms with Gasteiger partial charge in [0.2, 0.25) is 0 Å². The second kappa shape index (κ2) is 4.17. The fraction of sp³-hybridized carbons (Fsp3) is 0.385. The van der Waals surface area contributed by atoms with Gasteiger partial charge in [-0.3, -0.25) is 0 Å². The second-order valence-corrected chi connectivity index (χ2v) is 4.10. The Morgan fingerprint density at radius 2 is 1.87 bits per heavy atom. The van der Waals surface area contributed by atoms with Crippen LogP contribution in [0, 0.1) is 6.92 Å². The average molecular weight is 204 g/mol. The van der Waals surface area contributed by atoms with Gasteiger partial charge in [-0.2, -0.15) is 0 Å². The van der Waals surface area contributed by atoms with Crippen molar-refractivity contribution in [1.82, 2.24) is 0 Å². The van der Waals surface area contributed by atoms with Crippen LogP contribution in [0.25, 0.3) is 5.57 Å². The second-order valence-electron chi connectivity index (χ2n) is 4.10. The van der Waals surface area contributed by atoms with Gasteiger partial charge in [0, 0.05) is 0 Å². The molecule has 0 aliphatic heterocycles. The van der Waals surface area contributed by atoms with Crippen molar-refractivity contribution in [2.45, 2.75) is 32.0 Å². The molecule has 1 aliphatic rings. The molecule has 2 rings (SSSR count). The van der Waals surface area contributed by atoms with Crippen LogP contribution in [0.1, 0.15) is 24.0 Å². The number of aliphatic hydroxyl groups excluding tert-OH is 2. The van der Waals surface area contributed by atoms with Gasteiger partial charge in [0.15, 0.2) is 0 Å². The molecule has 0 spiro atoms. The SMILES string of the molecule is Cc1ccccc1C1=C[C@@H](O)CC[C@H]1O. The summed E-state index contributed by atoms with van der Waals surface area (Å²) in [5.74, 6) is 0. The zero-order chi connectivity index (χ0) is 10.8. The highest BCUT2D eigenvalue weighted by Gasteiger charge is 2.21. The number of aryl methyl sites for hydroxylation is 1. The molecular weight excluding hydrogens is 188 g/mol. The van der Waals surface area contributed by atoms with Crippen LogP contribution < -0.4 is 0 Å². The van der Waals surface area contributed by atoms with Gasteiger partial charge in [0.05, 0.1) is 12.2 Å². The summed E-state index contributed by atoms with van der Waals surface area (Å²) >= 11 is 0. The van der Waals surface area contributed by atoms with E-state index in [1.165, 1.54) is 0 Å². The van der Waals surface area contributed by atoms with E-state index in [-0.39, 0.29) is 0 Å². The molecule has 1 aliphatic carbocycles. The Morgan fingerprint density at radius 1 is 1.13 bits per heavy atom. The van der Waals surface area contributed by atoms with Crippen LogP contribution in [0.5, 0.6) is 0 Å². The van der Waals surface area contributed by atoms with Crippen molar-refractivity contribution in [3.8, 4) is 0 Å². The predicted octanol–water partition coefficient (Wildman–Crippen LogP) is 1.89. The standard InChI is InChI=1S/C13H16O2/c1-9-4-2-3-5-11(9)12-8-10(14)6-7-13(12)15/h2-5,8,10,13-15H,6-7H2,1H3/t10-,13+/m0/s1. The van der Waals surface area contributed by atoms with Gasteiger partial charge in [0.25, 0.3) is 0 Å². The van der Waals surface area contributed by atoms with Crippen molar-refractivity contribution in [2.24, 2.45) is 0 Å². The lowest BCUT2D eigenvalue weighted by Crippen LogP contribution is -2.20. The van der Waals surface area contributed by atoms with Crippen molar-refractivity contribution in [3.05, 3.63) is 41.5 Å². The van der Waals surface area contributed by atoms with Crippen LogP contribution in [-0.2, 0) is 0 Å². The molecule has 0 heterocycles. The van der Waals surface area contributed by atoms with Gasteiger partial charge in [0.1, 0.15) is 0 Å². The molecule has 0 aromatic heterocycles. The summed E-state index contributed by atoms with van der Waals surface area (Å²) in [6.07, 6.45) is 2.21. The van der Waals surface area contributed by atoms with E-state index in [1.54, 1.807) is 6.08 Å². The van der Waals surface area contributed by atoms with Crippen LogP contribution in [0.3, 0.4) is 0 Å². The Balaban J connectivity index is 2.41. The average Bonchev–Trinajstić information content (AvgIpc) is 2.23. The molecule has 2 atom stereocenters. The third-order valence-corrected chi connectivity index (χ3v) is 2.92. The van der Waals surface area contributed by atoms with Gasteiger partial charge >= 0.3 is 0 Å². The molecule has 0 unspecified atom stereocenters. The third-order valence-electron chi connectivity index (χ3n) is 2.92. The molecule has 2 N–H and O–H groups in total. The van der Waals surface area contributed by atoms with Gasteiger partial charge in [-0.15, -0.1) is 0 Å². The quantitative estimate of drug-likeness (QED) is 0.733. The molecule has 0 saturated carbocycles. The summed E-state index contributed by atoms with van der Waals surface area (Å²) in [6.45, 7) is 2.02. The lowest BCUT2D eigenvalue weighted by atomic mass is 9.88. The summed E-state index contributed by atoms with van der Waals surface area (Å²) in [6, 6.07) is 7.94. The van der Waals surface area contributed by atoms with Crippen molar-refractivity contribution >= 4 is 5.57 Å². The third kappa shape index (κ3) is 2.11. The van der Waals surface area contributed by atoms with Gasteiger partial charge < -0.3 is 10.2 Å². The Labute approximate surface area is 89.9 Å². The zero-order valence-corrected chi connectivity index (χ0v) is 8.85. The molecule has 15 heavy (non-hydrogen) atoms. The molecule has 0 radical (unpaired) electrons. The highest BCUT2D eigenvalue weighted by atomic mass is 16.3. The molecule has 0 bridgehead atoms. The molecule has 0 saturated heterocycles. The molecule has 80 valence electrons. The van der Waals surface area contributed by atoms with Gasteiger partial charge in [-0.25, -0.2) is 0 Å². The Morgan fingerprint density at radius 3 is 2.60 bits per heavy atom. The molecule has 0 fully saturated rings. The molecule has 1 aromatic carbocycles. The van der Waals surface area contributed by atoms with E-state index in [9.17, 15) is 10.2 Å². The van der Waals surface area contributed by atoms with Crippen LogP contribution in [-0.4, -0.2) is 22.4 Å². The normalized spacial score (nSPS) is 26.2. The van der Waals surface area contributed by atoms with E-state index in [1.807, 2.05) is 31.2 Å². The first-order valence-corrected chi connectivity index (χ1v) is 5.32. The predicted molar refractivity (Wildman–Crippen MR) is 60.4 cm³/mol. The van der Waals surface area contributed by atoms with E-state index in [4.69, 9.17) is 0 Å². The van der Waals surface area contributed by atoms with E-state index < -0.39 is 12.2 Å². The fourth-order valence-electron chi connectivity index (χ4n) is 2.05.